The number of H-pyrrole nitrogens is 1. The van der Waals surface area contributed by atoms with Crippen molar-refractivity contribution in [1.82, 2.24) is 10.3 Å². The lowest BCUT2D eigenvalue weighted by Crippen LogP contribution is -2.46. The number of hydrogen-bond donors (Lipinski definition) is 3. The minimum absolute atomic E-state index is 0.0225. The van der Waals surface area contributed by atoms with E-state index in [1.54, 1.807) is 0 Å². The molecule has 0 spiro atoms. The van der Waals surface area contributed by atoms with Crippen molar-refractivity contribution in [3.05, 3.63) is 27.9 Å². The van der Waals surface area contributed by atoms with Crippen molar-refractivity contribution >= 4 is 17.7 Å². The summed E-state index contributed by atoms with van der Waals surface area (Å²) in [6.07, 6.45) is 0.626. The number of aromatic amines is 1. The number of amides is 1. The number of nitrogens with zero attached hydrogens (tertiary/aromatic N) is 1. The number of carbonyl (C=O) groups excluding carboxylic acids is 1. The molecular formula is C12H15N3O6. The van der Waals surface area contributed by atoms with Gasteiger partial charge in [-0.25, -0.2) is 4.98 Å². The number of rotatable bonds is 5. The van der Waals surface area contributed by atoms with Crippen molar-refractivity contribution in [3.8, 4) is 0 Å². The molecule has 1 aliphatic rings. The van der Waals surface area contributed by atoms with Gasteiger partial charge in [-0.1, -0.05) is 0 Å². The Morgan fingerprint density at radius 3 is 2.62 bits per heavy atom. The SMILES string of the molecule is O=C(NCC1(C(=O)O)CCOCC1)c1ccc([N+](=O)[O-])[nH]1. The lowest BCUT2D eigenvalue weighted by atomic mass is 9.80. The molecule has 1 aromatic heterocycles. The molecule has 1 aliphatic heterocycles. The molecule has 9 nitrogen and oxygen atoms in total. The van der Waals surface area contributed by atoms with E-state index in [1.807, 2.05) is 0 Å². The fraction of sp³-hybridized carbons (Fsp3) is 0.500. The number of aromatic nitrogens is 1. The second kappa shape index (κ2) is 5.92. The molecule has 1 aromatic rings. The highest BCUT2D eigenvalue weighted by atomic mass is 16.6. The Labute approximate surface area is 119 Å². The smallest absolute Gasteiger partial charge is 0.321 e. The predicted molar refractivity (Wildman–Crippen MR) is 69.9 cm³/mol. The van der Waals surface area contributed by atoms with Gasteiger partial charge in [-0.2, -0.15) is 0 Å². The number of carboxylic acid groups (broad SMARTS) is 1. The number of nitrogens with one attached hydrogen (secondary N) is 2. The van der Waals surface area contributed by atoms with Crippen LogP contribution in [0.25, 0.3) is 0 Å². The Kier molecular flexibility index (Phi) is 4.22. The third kappa shape index (κ3) is 3.19. The number of aliphatic carboxylic acids is 1. The summed E-state index contributed by atoms with van der Waals surface area (Å²) in [6, 6.07) is 2.46. The minimum atomic E-state index is -1.05. The minimum Gasteiger partial charge on any atom is -0.481 e. The Morgan fingerprint density at radius 2 is 2.10 bits per heavy atom. The third-order valence-corrected chi connectivity index (χ3v) is 3.60. The maximum Gasteiger partial charge on any atom is 0.321 e. The number of carboxylic acids is 1. The first-order chi connectivity index (χ1) is 9.94. The van der Waals surface area contributed by atoms with Crippen molar-refractivity contribution in [2.45, 2.75) is 12.8 Å². The van der Waals surface area contributed by atoms with Crippen LogP contribution in [0.2, 0.25) is 0 Å². The molecule has 0 saturated carbocycles. The Bertz CT molecular complexity index is 561. The summed E-state index contributed by atoms with van der Waals surface area (Å²) in [6.45, 7) is 0.615. The van der Waals surface area contributed by atoms with Crippen LogP contribution in [0.3, 0.4) is 0 Å². The van der Waals surface area contributed by atoms with Crippen LogP contribution in [0, 0.1) is 15.5 Å². The van der Waals surface area contributed by atoms with E-state index in [0.29, 0.717) is 26.1 Å². The highest BCUT2D eigenvalue weighted by Crippen LogP contribution is 2.30. The molecule has 1 fully saturated rings. The lowest BCUT2D eigenvalue weighted by molar-refractivity contribution is -0.389. The number of ether oxygens (including phenoxy) is 1. The number of hydrogen-bond acceptors (Lipinski definition) is 5. The number of carbonyl (C=O) groups is 2. The molecule has 3 N–H and O–H groups in total. The second-order valence-electron chi connectivity index (χ2n) is 4.89. The van der Waals surface area contributed by atoms with Gasteiger partial charge in [-0.15, -0.1) is 0 Å². The maximum absolute atomic E-state index is 11.9. The first kappa shape index (κ1) is 15.0. The molecule has 9 heteroatoms. The van der Waals surface area contributed by atoms with E-state index in [0.717, 1.165) is 0 Å². The summed E-state index contributed by atoms with van der Waals surface area (Å²) in [5.41, 5.74) is -1.03. The van der Waals surface area contributed by atoms with E-state index in [2.05, 4.69) is 10.3 Å². The van der Waals surface area contributed by atoms with Gasteiger partial charge in [0.1, 0.15) is 0 Å². The summed E-state index contributed by atoms with van der Waals surface area (Å²) in [7, 11) is 0. The first-order valence-electron chi connectivity index (χ1n) is 6.37. The van der Waals surface area contributed by atoms with Gasteiger partial charge in [-0.05, 0) is 23.8 Å². The monoisotopic (exact) mass is 297 g/mol. The average molecular weight is 297 g/mol. The molecule has 21 heavy (non-hydrogen) atoms. The van der Waals surface area contributed by atoms with Gasteiger partial charge in [-0.3, -0.25) is 9.59 Å². The van der Waals surface area contributed by atoms with E-state index in [9.17, 15) is 24.8 Å². The molecule has 2 heterocycles. The molecule has 1 saturated heterocycles. The van der Waals surface area contributed by atoms with Gasteiger partial charge >= 0.3 is 11.8 Å². The molecule has 1 amide bonds. The number of nitro groups is 1. The standard InChI is InChI=1S/C12H15N3O6/c16-10(8-1-2-9(14-8)15(19)20)13-7-12(11(17)18)3-5-21-6-4-12/h1-2,14H,3-7H2,(H,13,16)(H,17,18). The summed E-state index contributed by atoms with van der Waals surface area (Å²) in [5, 5.41) is 22.4. The molecule has 114 valence electrons. The van der Waals surface area contributed by atoms with E-state index >= 15 is 0 Å². The van der Waals surface area contributed by atoms with Crippen molar-refractivity contribution < 1.29 is 24.4 Å². The van der Waals surface area contributed by atoms with Crippen molar-refractivity contribution in [2.75, 3.05) is 19.8 Å². The zero-order valence-corrected chi connectivity index (χ0v) is 11.1. The van der Waals surface area contributed by atoms with E-state index in [1.165, 1.54) is 12.1 Å². The van der Waals surface area contributed by atoms with Crippen LogP contribution in [-0.4, -0.2) is 46.6 Å². The van der Waals surface area contributed by atoms with Crippen LogP contribution in [-0.2, 0) is 9.53 Å². The quantitative estimate of drug-likeness (QED) is 0.536. The van der Waals surface area contributed by atoms with Crippen LogP contribution >= 0.6 is 0 Å². The van der Waals surface area contributed by atoms with Gasteiger partial charge in [0.2, 0.25) is 0 Å². The molecular weight excluding hydrogens is 282 g/mol. The molecule has 0 bridgehead atoms. The van der Waals surface area contributed by atoms with Gasteiger partial charge < -0.3 is 25.3 Å². The summed E-state index contributed by atoms with van der Waals surface area (Å²) in [4.78, 5) is 35.6. The van der Waals surface area contributed by atoms with Crippen LogP contribution in [0.4, 0.5) is 5.82 Å². The predicted octanol–water partition coefficient (Wildman–Crippen LogP) is 0.534. The Hall–Kier alpha value is -2.42. The van der Waals surface area contributed by atoms with E-state index in [4.69, 9.17) is 4.74 Å². The molecule has 0 radical (unpaired) electrons. The molecule has 0 atom stereocenters. The zero-order valence-electron chi connectivity index (χ0n) is 11.1. The average Bonchev–Trinajstić information content (AvgIpc) is 2.95. The molecule has 0 aliphatic carbocycles. The normalized spacial score (nSPS) is 17.1. The Morgan fingerprint density at radius 1 is 1.43 bits per heavy atom. The zero-order chi connectivity index (χ0) is 15.5. The van der Waals surface area contributed by atoms with Crippen molar-refractivity contribution in [1.29, 1.82) is 0 Å². The van der Waals surface area contributed by atoms with Gasteiger partial charge in [0.15, 0.2) is 5.69 Å². The van der Waals surface area contributed by atoms with Gasteiger partial charge in [0.05, 0.1) is 5.41 Å². The first-order valence-corrected chi connectivity index (χ1v) is 6.37. The van der Waals surface area contributed by atoms with Crippen LogP contribution in [0.5, 0.6) is 0 Å². The Balaban J connectivity index is 2.01. The fourth-order valence-electron chi connectivity index (χ4n) is 2.20. The molecule has 2 rings (SSSR count). The van der Waals surface area contributed by atoms with Gasteiger partial charge in [0.25, 0.3) is 5.91 Å². The summed E-state index contributed by atoms with van der Waals surface area (Å²) in [5.74, 6) is -1.85. The van der Waals surface area contributed by atoms with Crippen LogP contribution in [0.15, 0.2) is 12.1 Å². The van der Waals surface area contributed by atoms with E-state index < -0.39 is 22.2 Å². The van der Waals surface area contributed by atoms with Gasteiger partial charge in [0, 0.05) is 25.8 Å². The fourth-order valence-corrected chi connectivity index (χ4v) is 2.20. The van der Waals surface area contributed by atoms with E-state index in [-0.39, 0.29) is 18.1 Å². The highest BCUT2D eigenvalue weighted by Gasteiger charge is 2.40. The third-order valence-electron chi connectivity index (χ3n) is 3.60. The summed E-state index contributed by atoms with van der Waals surface area (Å²) < 4.78 is 5.14. The topological polar surface area (TPSA) is 135 Å². The highest BCUT2D eigenvalue weighted by molar-refractivity contribution is 5.93. The summed E-state index contributed by atoms with van der Waals surface area (Å²) >= 11 is 0. The lowest BCUT2D eigenvalue weighted by Gasteiger charge is -2.32. The largest absolute Gasteiger partial charge is 0.481 e. The van der Waals surface area contributed by atoms with Crippen LogP contribution in [0.1, 0.15) is 23.3 Å². The van der Waals surface area contributed by atoms with Crippen LogP contribution < -0.4 is 5.32 Å². The van der Waals surface area contributed by atoms with Crippen molar-refractivity contribution in [3.63, 3.8) is 0 Å². The molecule has 0 aromatic carbocycles. The second-order valence-corrected chi connectivity index (χ2v) is 4.89. The van der Waals surface area contributed by atoms with Crippen molar-refractivity contribution in [2.24, 2.45) is 5.41 Å². The maximum atomic E-state index is 11.9. The molecule has 0 unspecified atom stereocenters.